The van der Waals surface area contributed by atoms with E-state index in [2.05, 4.69) is 58.0 Å². The second-order valence-corrected chi connectivity index (χ2v) is 7.99. The Morgan fingerprint density at radius 3 is 2.45 bits per heavy atom. The van der Waals surface area contributed by atoms with Gasteiger partial charge in [-0.3, -0.25) is 4.79 Å². The SMILES string of the molecule is CCN(CC)c1ccc(NC(=O)c2cc(C)nc(N3CCC(C)CC3)n2)c(C)c1. The summed E-state index contributed by atoms with van der Waals surface area (Å²) in [7, 11) is 0. The van der Waals surface area contributed by atoms with Crippen LogP contribution in [0.15, 0.2) is 24.3 Å². The molecule has 1 aromatic heterocycles. The van der Waals surface area contributed by atoms with Gasteiger partial charge in [0.1, 0.15) is 5.69 Å². The van der Waals surface area contributed by atoms with Crippen molar-refractivity contribution >= 4 is 23.2 Å². The van der Waals surface area contributed by atoms with Crippen LogP contribution in [0.3, 0.4) is 0 Å². The van der Waals surface area contributed by atoms with E-state index in [1.54, 1.807) is 6.07 Å². The van der Waals surface area contributed by atoms with Crippen LogP contribution in [-0.2, 0) is 0 Å². The zero-order valence-corrected chi connectivity index (χ0v) is 18.3. The number of benzene rings is 1. The van der Waals surface area contributed by atoms with Crippen LogP contribution >= 0.6 is 0 Å². The number of amides is 1. The van der Waals surface area contributed by atoms with E-state index >= 15 is 0 Å². The number of hydrogen-bond donors (Lipinski definition) is 1. The number of hydrogen-bond acceptors (Lipinski definition) is 5. The molecule has 1 saturated heterocycles. The lowest BCUT2D eigenvalue weighted by Gasteiger charge is -2.30. The molecule has 0 bridgehead atoms. The first-order chi connectivity index (χ1) is 13.9. The number of piperidine rings is 1. The summed E-state index contributed by atoms with van der Waals surface area (Å²) in [6.45, 7) is 14.3. The summed E-state index contributed by atoms with van der Waals surface area (Å²) >= 11 is 0. The quantitative estimate of drug-likeness (QED) is 0.784. The van der Waals surface area contributed by atoms with E-state index in [0.717, 1.165) is 61.9 Å². The smallest absolute Gasteiger partial charge is 0.274 e. The second kappa shape index (κ2) is 9.25. The summed E-state index contributed by atoms with van der Waals surface area (Å²) in [5, 5.41) is 3.03. The lowest BCUT2D eigenvalue weighted by molar-refractivity contribution is 0.102. The normalized spacial score (nSPS) is 14.7. The molecule has 0 spiro atoms. The van der Waals surface area contributed by atoms with E-state index in [1.165, 1.54) is 5.69 Å². The largest absolute Gasteiger partial charge is 0.372 e. The van der Waals surface area contributed by atoms with Gasteiger partial charge in [0.25, 0.3) is 5.91 Å². The average Bonchev–Trinajstić information content (AvgIpc) is 2.71. The topological polar surface area (TPSA) is 61.4 Å². The minimum Gasteiger partial charge on any atom is -0.372 e. The van der Waals surface area contributed by atoms with Crippen molar-refractivity contribution in [3.05, 3.63) is 41.2 Å². The van der Waals surface area contributed by atoms with Crippen molar-refractivity contribution in [2.45, 2.75) is 47.5 Å². The predicted molar refractivity (Wildman–Crippen MR) is 120 cm³/mol. The molecule has 1 aliphatic heterocycles. The van der Waals surface area contributed by atoms with Gasteiger partial charge in [0, 0.05) is 43.2 Å². The Labute approximate surface area is 174 Å². The van der Waals surface area contributed by atoms with Crippen LogP contribution in [0.4, 0.5) is 17.3 Å². The van der Waals surface area contributed by atoms with Gasteiger partial charge in [-0.25, -0.2) is 9.97 Å². The van der Waals surface area contributed by atoms with Crippen LogP contribution in [0.25, 0.3) is 0 Å². The van der Waals surface area contributed by atoms with Crippen molar-refractivity contribution in [1.29, 1.82) is 0 Å². The molecule has 6 nitrogen and oxygen atoms in total. The zero-order chi connectivity index (χ0) is 21.0. The fraction of sp³-hybridized carbons (Fsp3) is 0.522. The van der Waals surface area contributed by atoms with Crippen LogP contribution in [0, 0.1) is 19.8 Å². The molecule has 0 atom stereocenters. The monoisotopic (exact) mass is 395 g/mol. The maximum atomic E-state index is 12.9. The van der Waals surface area contributed by atoms with Crippen LogP contribution in [0.2, 0.25) is 0 Å². The molecular formula is C23H33N5O. The first-order valence-electron chi connectivity index (χ1n) is 10.7. The third kappa shape index (κ3) is 5.05. The van der Waals surface area contributed by atoms with Gasteiger partial charge in [-0.05, 0) is 76.3 Å². The van der Waals surface area contributed by atoms with Crippen molar-refractivity contribution < 1.29 is 4.79 Å². The Bertz CT molecular complexity index is 854. The molecule has 1 fully saturated rings. The Hall–Kier alpha value is -2.63. The van der Waals surface area contributed by atoms with E-state index in [9.17, 15) is 4.79 Å². The number of carbonyl (C=O) groups excluding carboxylic acids is 1. The number of aryl methyl sites for hydroxylation is 2. The summed E-state index contributed by atoms with van der Waals surface area (Å²) in [5.74, 6) is 1.21. The van der Waals surface area contributed by atoms with Gasteiger partial charge < -0.3 is 15.1 Å². The number of nitrogens with zero attached hydrogens (tertiary/aromatic N) is 4. The van der Waals surface area contributed by atoms with Crippen LogP contribution in [0.1, 0.15) is 55.4 Å². The third-order valence-electron chi connectivity index (χ3n) is 5.73. The molecule has 1 aromatic carbocycles. The van der Waals surface area contributed by atoms with Crippen molar-refractivity contribution in [1.82, 2.24) is 9.97 Å². The van der Waals surface area contributed by atoms with Gasteiger partial charge in [-0.15, -0.1) is 0 Å². The molecule has 156 valence electrons. The highest BCUT2D eigenvalue weighted by atomic mass is 16.1. The van der Waals surface area contributed by atoms with E-state index in [1.807, 2.05) is 19.9 Å². The Morgan fingerprint density at radius 2 is 1.83 bits per heavy atom. The summed E-state index contributed by atoms with van der Waals surface area (Å²) < 4.78 is 0. The van der Waals surface area contributed by atoms with E-state index in [4.69, 9.17) is 0 Å². The van der Waals surface area contributed by atoms with Gasteiger partial charge in [-0.1, -0.05) is 6.92 Å². The molecule has 29 heavy (non-hydrogen) atoms. The van der Waals surface area contributed by atoms with Crippen molar-refractivity contribution in [3.63, 3.8) is 0 Å². The molecule has 0 unspecified atom stereocenters. The third-order valence-corrected chi connectivity index (χ3v) is 5.73. The average molecular weight is 396 g/mol. The maximum absolute atomic E-state index is 12.9. The maximum Gasteiger partial charge on any atom is 0.274 e. The molecule has 1 N–H and O–H groups in total. The van der Waals surface area contributed by atoms with Gasteiger partial charge in [0.15, 0.2) is 0 Å². The number of carbonyl (C=O) groups is 1. The van der Waals surface area contributed by atoms with Crippen molar-refractivity contribution in [2.24, 2.45) is 5.92 Å². The summed E-state index contributed by atoms with van der Waals surface area (Å²) in [5.41, 5.74) is 4.25. The Kier molecular flexibility index (Phi) is 6.72. The van der Waals surface area contributed by atoms with Gasteiger partial charge in [-0.2, -0.15) is 0 Å². The molecule has 0 aliphatic carbocycles. The molecular weight excluding hydrogens is 362 g/mol. The number of anilines is 3. The molecule has 1 amide bonds. The minimum absolute atomic E-state index is 0.194. The molecule has 3 rings (SSSR count). The van der Waals surface area contributed by atoms with Crippen LogP contribution in [0.5, 0.6) is 0 Å². The molecule has 2 heterocycles. The molecule has 2 aromatic rings. The highest BCUT2D eigenvalue weighted by molar-refractivity contribution is 6.03. The molecule has 0 saturated carbocycles. The molecule has 1 aliphatic rings. The fourth-order valence-electron chi connectivity index (χ4n) is 3.78. The van der Waals surface area contributed by atoms with Gasteiger partial charge in [0.2, 0.25) is 5.95 Å². The summed E-state index contributed by atoms with van der Waals surface area (Å²) in [6, 6.07) is 7.90. The van der Waals surface area contributed by atoms with E-state index in [-0.39, 0.29) is 5.91 Å². The first kappa shape index (κ1) is 21.1. The summed E-state index contributed by atoms with van der Waals surface area (Å²) in [4.78, 5) is 26.5. The predicted octanol–water partition coefficient (Wildman–Crippen LogP) is 4.43. The zero-order valence-electron chi connectivity index (χ0n) is 18.3. The highest BCUT2D eigenvalue weighted by Gasteiger charge is 2.20. The van der Waals surface area contributed by atoms with Gasteiger partial charge in [0.05, 0.1) is 0 Å². The van der Waals surface area contributed by atoms with Crippen molar-refractivity contribution in [2.75, 3.05) is 41.3 Å². The van der Waals surface area contributed by atoms with Gasteiger partial charge >= 0.3 is 0 Å². The second-order valence-electron chi connectivity index (χ2n) is 7.99. The summed E-state index contributed by atoms with van der Waals surface area (Å²) in [6.07, 6.45) is 2.27. The standard InChI is InChI=1S/C23H33N5O/c1-6-27(7-2)19-8-9-20(17(4)14-19)25-22(29)21-15-18(5)24-23(26-21)28-12-10-16(3)11-13-28/h8-9,14-16H,6-7,10-13H2,1-5H3,(H,25,29). The van der Waals surface area contributed by atoms with Crippen molar-refractivity contribution in [3.8, 4) is 0 Å². The fourth-order valence-corrected chi connectivity index (χ4v) is 3.78. The van der Waals surface area contributed by atoms with E-state index in [0.29, 0.717) is 11.6 Å². The Morgan fingerprint density at radius 1 is 1.14 bits per heavy atom. The lowest BCUT2D eigenvalue weighted by atomic mass is 10.00. The highest BCUT2D eigenvalue weighted by Crippen LogP contribution is 2.24. The number of nitrogens with one attached hydrogen (secondary N) is 1. The number of rotatable bonds is 6. The first-order valence-corrected chi connectivity index (χ1v) is 10.7. The molecule has 0 radical (unpaired) electrons. The van der Waals surface area contributed by atoms with Crippen LogP contribution in [-0.4, -0.2) is 42.1 Å². The van der Waals surface area contributed by atoms with E-state index < -0.39 is 0 Å². The van der Waals surface area contributed by atoms with Crippen LogP contribution < -0.4 is 15.1 Å². The number of aromatic nitrogens is 2. The lowest BCUT2D eigenvalue weighted by Crippen LogP contribution is -2.34. The minimum atomic E-state index is -0.194. The Balaban J connectivity index is 1.77. The molecule has 6 heteroatoms.